The molecule has 0 atom stereocenters. The highest BCUT2D eigenvalue weighted by Crippen LogP contribution is 2.13. The van der Waals surface area contributed by atoms with Crippen molar-refractivity contribution in [3.05, 3.63) is 34.3 Å². The first-order valence-electron chi connectivity index (χ1n) is 3.57. The Bertz CT molecular complexity index is 374. The summed E-state index contributed by atoms with van der Waals surface area (Å²) in [6.07, 6.45) is 0.734. The highest BCUT2D eigenvalue weighted by atomic mass is 35.5. The lowest BCUT2D eigenvalue weighted by atomic mass is 10.1. The van der Waals surface area contributed by atoms with E-state index in [9.17, 15) is 4.79 Å². The molecule has 1 nitrogen and oxygen atoms in total. The van der Waals surface area contributed by atoms with Crippen molar-refractivity contribution in [2.75, 3.05) is 5.88 Å². The molecule has 0 spiro atoms. The van der Waals surface area contributed by atoms with Crippen LogP contribution >= 0.6 is 23.2 Å². The van der Waals surface area contributed by atoms with Crippen molar-refractivity contribution in [1.82, 2.24) is 0 Å². The summed E-state index contributed by atoms with van der Waals surface area (Å²) in [5.41, 5.74) is 1.22. The van der Waals surface area contributed by atoms with E-state index < -0.39 is 0 Å². The van der Waals surface area contributed by atoms with Gasteiger partial charge in [0.1, 0.15) is 6.29 Å². The molecule has 0 N–H and O–H groups in total. The molecular formula is C10H6Cl2O. The predicted octanol–water partition coefficient (Wildman–Crippen LogP) is 2.74. The third-order valence-corrected chi connectivity index (χ3v) is 1.71. The zero-order chi connectivity index (χ0) is 9.68. The van der Waals surface area contributed by atoms with Crippen molar-refractivity contribution in [2.24, 2.45) is 0 Å². The average molecular weight is 213 g/mol. The summed E-state index contributed by atoms with van der Waals surface area (Å²) in [5, 5.41) is 0.503. The molecule has 0 aliphatic heterocycles. The fourth-order valence-electron chi connectivity index (χ4n) is 0.888. The maximum Gasteiger partial charge on any atom is 0.150 e. The summed E-state index contributed by atoms with van der Waals surface area (Å²) < 4.78 is 0. The van der Waals surface area contributed by atoms with Gasteiger partial charge in [0, 0.05) is 16.1 Å². The molecule has 1 rings (SSSR count). The number of hydrogen-bond acceptors (Lipinski definition) is 1. The lowest BCUT2D eigenvalue weighted by molar-refractivity contribution is 0.112. The molecule has 0 aliphatic rings. The van der Waals surface area contributed by atoms with Gasteiger partial charge in [-0.15, -0.1) is 11.6 Å². The monoisotopic (exact) mass is 212 g/mol. The Balaban J connectivity index is 3.08. The molecule has 0 radical (unpaired) electrons. The van der Waals surface area contributed by atoms with Gasteiger partial charge < -0.3 is 0 Å². The molecule has 0 aromatic heterocycles. The van der Waals surface area contributed by atoms with E-state index in [0.717, 1.165) is 6.29 Å². The second-order valence-corrected chi connectivity index (χ2v) is 3.03. The summed E-state index contributed by atoms with van der Waals surface area (Å²) in [4.78, 5) is 10.5. The van der Waals surface area contributed by atoms with Crippen molar-refractivity contribution in [1.29, 1.82) is 0 Å². The molecule has 0 amide bonds. The second-order valence-electron chi connectivity index (χ2n) is 2.33. The Hall–Kier alpha value is -0.970. The van der Waals surface area contributed by atoms with Gasteiger partial charge in [-0.3, -0.25) is 4.79 Å². The molecule has 0 unspecified atom stereocenters. The van der Waals surface area contributed by atoms with Crippen LogP contribution in [0.3, 0.4) is 0 Å². The standard InChI is InChI=1S/C10H6Cl2O/c11-3-1-2-8-4-9(7-13)6-10(12)5-8/h4-7H,3H2. The van der Waals surface area contributed by atoms with E-state index in [1.165, 1.54) is 0 Å². The van der Waals surface area contributed by atoms with Crippen molar-refractivity contribution in [2.45, 2.75) is 0 Å². The predicted molar refractivity (Wildman–Crippen MR) is 54.4 cm³/mol. The molecule has 0 bridgehead atoms. The van der Waals surface area contributed by atoms with Gasteiger partial charge in [0.25, 0.3) is 0 Å². The highest BCUT2D eigenvalue weighted by molar-refractivity contribution is 6.31. The van der Waals surface area contributed by atoms with Crippen molar-refractivity contribution < 1.29 is 4.79 Å². The van der Waals surface area contributed by atoms with E-state index in [0.29, 0.717) is 16.1 Å². The third-order valence-electron chi connectivity index (χ3n) is 1.36. The van der Waals surface area contributed by atoms with Gasteiger partial charge in [-0.25, -0.2) is 0 Å². The molecule has 0 aliphatic carbocycles. The number of alkyl halides is 1. The molecule has 0 saturated heterocycles. The van der Waals surface area contributed by atoms with Crippen LogP contribution in [0.15, 0.2) is 18.2 Å². The molecule has 1 aromatic rings. The van der Waals surface area contributed by atoms with Crippen LogP contribution in [0.4, 0.5) is 0 Å². The van der Waals surface area contributed by atoms with E-state index >= 15 is 0 Å². The Morgan fingerprint density at radius 3 is 2.77 bits per heavy atom. The largest absolute Gasteiger partial charge is 0.298 e. The highest BCUT2D eigenvalue weighted by Gasteiger charge is 1.95. The van der Waals surface area contributed by atoms with Crippen LogP contribution in [0, 0.1) is 11.8 Å². The molecule has 66 valence electrons. The Labute approximate surface area is 86.7 Å². The van der Waals surface area contributed by atoms with Gasteiger partial charge in [-0.2, -0.15) is 0 Å². The zero-order valence-electron chi connectivity index (χ0n) is 6.68. The van der Waals surface area contributed by atoms with Crippen LogP contribution in [0.2, 0.25) is 5.02 Å². The van der Waals surface area contributed by atoms with E-state index in [4.69, 9.17) is 23.2 Å². The summed E-state index contributed by atoms with van der Waals surface area (Å²) in [6, 6.07) is 4.94. The lowest BCUT2D eigenvalue weighted by Crippen LogP contribution is -1.82. The summed E-state index contributed by atoms with van der Waals surface area (Å²) in [5.74, 6) is 5.74. The molecule has 0 heterocycles. The first kappa shape index (κ1) is 10.1. The fraction of sp³-hybridized carbons (Fsp3) is 0.100. The number of benzene rings is 1. The number of carbonyl (C=O) groups is 1. The third kappa shape index (κ3) is 3.10. The van der Waals surface area contributed by atoms with E-state index in [-0.39, 0.29) is 5.88 Å². The molecule has 1 aromatic carbocycles. The Morgan fingerprint density at radius 2 is 2.15 bits per heavy atom. The van der Waals surface area contributed by atoms with Crippen LogP contribution < -0.4 is 0 Å². The van der Waals surface area contributed by atoms with Crippen LogP contribution in [0.1, 0.15) is 15.9 Å². The van der Waals surface area contributed by atoms with Gasteiger partial charge in [0.15, 0.2) is 0 Å². The lowest BCUT2D eigenvalue weighted by Gasteiger charge is -1.94. The van der Waals surface area contributed by atoms with Gasteiger partial charge in [-0.1, -0.05) is 23.4 Å². The van der Waals surface area contributed by atoms with Gasteiger partial charge >= 0.3 is 0 Å². The zero-order valence-corrected chi connectivity index (χ0v) is 8.19. The summed E-state index contributed by atoms with van der Waals surface area (Å²) in [6.45, 7) is 0. The summed E-state index contributed by atoms with van der Waals surface area (Å²) in [7, 11) is 0. The Kier molecular flexibility index (Phi) is 3.82. The number of carbonyl (C=O) groups excluding carboxylic acids is 1. The second kappa shape index (κ2) is 4.91. The minimum absolute atomic E-state index is 0.267. The topological polar surface area (TPSA) is 17.1 Å². The number of aldehydes is 1. The number of hydrogen-bond donors (Lipinski definition) is 0. The SMILES string of the molecule is O=Cc1cc(Cl)cc(C#CCCl)c1. The Morgan fingerprint density at radius 1 is 1.38 bits per heavy atom. The van der Waals surface area contributed by atoms with Crippen LogP contribution in [0.25, 0.3) is 0 Å². The summed E-state index contributed by atoms with van der Waals surface area (Å²) >= 11 is 11.1. The first-order chi connectivity index (χ1) is 6.26. The van der Waals surface area contributed by atoms with E-state index in [1.54, 1.807) is 18.2 Å². The quantitative estimate of drug-likeness (QED) is 0.398. The molecule has 0 fully saturated rings. The molecular weight excluding hydrogens is 207 g/mol. The van der Waals surface area contributed by atoms with Gasteiger partial charge in [0.2, 0.25) is 0 Å². The van der Waals surface area contributed by atoms with Crippen molar-refractivity contribution in [3.63, 3.8) is 0 Å². The molecule has 0 saturated carbocycles. The minimum Gasteiger partial charge on any atom is -0.298 e. The maximum absolute atomic E-state index is 10.5. The average Bonchev–Trinajstić information content (AvgIpc) is 2.14. The fourth-order valence-corrected chi connectivity index (χ4v) is 1.20. The van der Waals surface area contributed by atoms with Crippen molar-refractivity contribution >= 4 is 29.5 Å². The first-order valence-corrected chi connectivity index (χ1v) is 4.48. The van der Waals surface area contributed by atoms with Crippen molar-refractivity contribution in [3.8, 4) is 11.8 Å². The van der Waals surface area contributed by atoms with E-state index in [2.05, 4.69) is 11.8 Å². The van der Waals surface area contributed by atoms with Gasteiger partial charge in [0.05, 0.1) is 5.88 Å². The smallest absolute Gasteiger partial charge is 0.150 e. The molecule has 13 heavy (non-hydrogen) atoms. The number of rotatable bonds is 1. The maximum atomic E-state index is 10.5. The molecule has 3 heteroatoms. The van der Waals surface area contributed by atoms with Crippen LogP contribution in [0.5, 0.6) is 0 Å². The number of halogens is 2. The van der Waals surface area contributed by atoms with E-state index in [1.807, 2.05) is 0 Å². The van der Waals surface area contributed by atoms with Crippen LogP contribution in [-0.2, 0) is 0 Å². The van der Waals surface area contributed by atoms with Gasteiger partial charge in [-0.05, 0) is 18.2 Å². The normalized spacial score (nSPS) is 8.77. The minimum atomic E-state index is 0.267. The van der Waals surface area contributed by atoms with Crippen LogP contribution in [-0.4, -0.2) is 12.2 Å².